The van der Waals surface area contributed by atoms with Gasteiger partial charge in [-0.05, 0) is 55.7 Å². The minimum Gasteiger partial charge on any atom is -0.479 e. The number of ether oxygens (including phenoxy) is 1. The molecule has 2 heterocycles. The molecule has 1 aromatic heterocycles. The average molecular weight is 404 g/mol. The fraction of sp³-hybridized carbons (Fsp3) is 0.261. The Morgan fingerprint density at radius 3 is 2.76 bits per heavy atom. The molecule has 0 saturated heterocycles. The Morgan fingerprint density at radius 2 is 2.03 bits per heavy atom. The summed E-state index contributed by atoms with van der Waals surface area (Å²) in [6.07, 6.45) is 1.50. The minimum absolute atomic E-state index is 0.0797. The summed E-state index contributed by atoms with van der Waals surface area (Å²) in [5, 5.41) is 12.2. The number of benzene rings is 2. The number of anilines is 1. The number of nitriles is 1. The van der Waals surface area contributed by atoms with Crippen LogP contribution in [0.4, 0.5) is 5.69 Å². The van der Waals surface area contributed by atoms with Crippen LogP contribution in [0.5, 0.6) is 5.75 Å². The first kappa shape index (κ1) is 19.2. The summed E-state index contributed by atoms with van der Waals surface area (Å²) >= 11 is 1.66. The monoisotopic (exact) mass is 403 g/mol. The second kappa shape index (κ2) is 8.06. The number of thiazole rings is 1. The van der Waals surface area contributed by atoms with Crippen molar-refractivity contribution in [3.63, 3.8) is 0 Å². The van der Waals surface area contributed by atoms with Crippen LogP contribution in [0, 0.1) is 11.3 Å². The van der Waals surface area contributed by atoms with E-state index >= 15 is 0 Å². The summed E-state index contributed by atoms with van der Waals surface area (Å²) in [5.41, 5.74) is 4.20. The van der Waals surface area contributed by atoms with E-state index in [-0.39, 0.29) is 5.91 Å². The summed E-state index contributed by atoms with van der Waals surface area (Å²) < 4.78 is 5.83. The second-order valence-corrected chi connectivity index (χ2v) is 7.99. The fourth-order valence-corrected chi connectivity index (χ4v) is 4.28. The van der Waals surface area contributed by atoms with Crippen molar-refractivity contribution in [3.05, 3.63) is 64.0 Å². The van der Waals surface area contributed by atoms with Gasteiger partial charge in [0, 0.05) is 10.9 Å². The molecular weight excluding hydrogens is 382 g/mol. The van der Waals surface area contributed by atoms with Crippen molar-refractivity contribution in [2.75, 3.05) is 4.90 Å². The van der Waals surface area contributed by atoms with Crippen LogP contribution in [-0.4, -0.2) is 17.0 Å². The van der Waals surface area contributed by atoms with Crippen LogP contribution in [0.1, 0.15) is 36.4 Å². The summed E-state index contributed by atoms with van der Waals surface area (Å²) in [6, 6.07) is 15.3. The molecule has 0 fully saturated rings. The van der Waals surface area contributed by atoms with E-state index in [0.717, 1.165) is 40.4 Å². The van der Waals surface area contributed by atoms with E-state index in [1.54, 1.807) is 35.3 Å². The molecule has 3 aromatic rings. The van der Waals surface area contributed by atoms with Gasteiger partial charge in [-0.1, -0.05) is 19.1 Å². The summed E-state index contributed by atoms with van der Waals surface area (Å²) in [7, 11) is 0. The van der Waals surface area contributed by atoms with Gasteiger partial charge in [-0.2, -0.15) is 5.26 Å². The Balaban J connectivity index is 1.69. The molecule has 5 nitrogen and oxygen atoms in total. The van der Waals surface area contributed by atoms with Crippen LogP contribution in [-0.2, 0) is 17.8 Å². The highest BCUT2D eigenvalue weighted by atomic mass is 32.1. The first-order chi connectivity index (χ1) is 14.1. The van der Waals surface area contributed by atoms with E-state index in [1.807, 2.05) is 30.3 Å². The molecule has 0 N–H and O–H groups in total. The zero-order chi connectivity index (χ0) is 20.4. The number of hydrogen-bond donors (Lipinski definition) is 0. The third-order valence-corrected chi connectivity index (χ3v) is 5.81. The Kier molecular flexibility index (Phi) is 5.32. The van der Waals surface area contributed by atoms with Gasteiger partial charge in [0.1, 0.15) is 5.75 Å². The van der Waals surface area contributed by atoms with Crippen molar-refractivity contribution >= 4 is 22.9 Å². The molecule has 0 bridgehead atoms. The van der Waals surface area contributed by atoms with Crippen molar-refractivity contribution in [3.8, 4) is 23.1 Å². The van der Waals surface area contributed by atoms with E-state index < -0.39 is 6.10 Å². The first-order valence-corrected chi connectivity index (χ1v) is 10.5. The smallest absolute Gasteiger partial charge is 0.268 e. The number of fused-ring (bicyclic) bond motifs is 1. The largest absolute Gasteiger partial charge is 0.479 e. The number of carbonyl (C=O) groups excluding carboxylic acids is 1. The van der Waals surface area contributed by atoms with Crippen molar-refractivity contribution < 1.29 is 9.53 Å². The molecule has 0 spiro atoms. The molecule has 0 saturated carbocycles. The van der Waals surface area contributed by atoms with Gasteiger partial charge in [0.15, 0.2) is 6.10 Å². The highest BCUT2D eigenvalue weighted by molar-refractivity contribution is 7.09. The van der Waals surface area contributed by atoms with Gasteiger partial charge < -0.3 is 9.64 Å². The fourth-order valence-electron chi connectivity index (χ4n) is 3.37. The van der Waals surface area contributed by atoms with Crippen molar-refractivity contribution in [2.24, 2.45) is 0 Å². The molecule has 1 aliphatic heterocycles. The predicted octanol–water partition coefficient (Wildman–Crippen LogP) is 4.95. The molecule has 1 amide bonds. The van der Waals surface area contributed by atoms with Crippen molar-refractivity contribution in [1.82, 2.24) is 4.98 Å². The topological polar surface area (TPSA) is 66.2 Å². The summed E-state index contributed by atoms with van der Waals surface area (Å²) in [4.78, 5) is 19.4. The maximum Gasteiger partial charge on any atom is 0.268 e. The summed E-state index contributed by atoms with van der Waals surface area (Å²) in [5.74, 6) is 0.613. The molecule has 1 aliphatic rings. The van der Waals surface area contributed by atoms with E-state index in [0.29, 0.717) is 17.9 Å². The van der Waals surface area contributed by atoms with E-state index in [4.69, 9.17) is 15.0 Å². The van der Waals surface area contributed by atoms with E-state index in [2.05, 4.69) is 18.4 Å². The Morgan fingerprint density at radius 1 is 1.24 bits per heavy atom. The SMILES string of the molecule is CCCc1nc(-c2ccc3c(c2)N(Cc2ccc(C#N)cc2)C(=O)C(C)O3)cs1. The predicted molar refractivity (Wildman–Crippen MR) is 114 cm³/mol. The van der Waals surface area contributed by atoms with E-state index in [9.17, 15) is 4.79 Å². The lowest BCUT2D eigenvalue weighted by atomic mass is 10.1. The normalized spacial score (nSPS) is 15.6. The van der Waals surface area contributed by atoms with Crippen molar-refractivity contribution in [1.29, 1.82) is 5.26 Å². The van der Waals surface area contributed by atoms with Crippen LogP contribution < -0.4 is 9.64 Å². The quantitative estimate of drug-likeness (QED) is 0.605. The molecule has 0 radical (unpaired) electrons. The van der Waals surface area contributed by atoms with Crippen LogP contribution in [0.3, 0.4) is 0 Å². The van der Waals surface area contributed by atoms with Gasteiger partial charge in [0.05, 0.1) is 34.6 Å². The zero-order valence-electron chi connectivity index (χ0n) is 16.4. The number of aromatic nitrogens is 1. The van der Waals surface area contributed by atoms with Gasteiger partial charge in [-0.15, -0.1) is 11.3 Å². The molecular formula is C23H21N3O2S. The van der Waals surface area contributed by atoms with Crippen molar-refractivity contribution in [2.45, 2.75) is 39.3 Å². The number of amides is 1. The van der Waals surface area contributed by atoms with Crippen LogP contribution in [0.15, 0.2) is 47.8 Å². The number of hydrogen-bond acceptors (Lipinski definition) is 5. The molecule has 2 aromatic carbocycles. The highest BCUT2D eigenvalue weighted by Gasteiger charge is 2.32. The lowest BCUT2D eigenvalue weighted by Crippen LogP contribution is -2.44. The molecule has 29 heavy (non-hydrogen) atoms. The molecule has 1 atom stereocenters. The Hall–Kier alpha value is -3.17. The number of rotatable bonds is 5. The number of aryl methyl sites for hydroxylation is 1. The lowest BCUT2D eigenvalue weighted by molar-refractivity contribution is -0.125. The molecule has 0 aliphatic carbocycles. The molecule has 6 heteroatoms. The third-order valence-electron chi connectivity index (χ3n) is 4.90. The second-order valence-electron chi connectivity index (χ2n) is 7.05. The molecule has 4 rings (SSSR count). The maximum absolute atomic E-state index is 12.9. The van der Waals surface area contributed by atoms with Gasteiger partial charge in [0.25, 0.3) is 5.91 Å². The standard InChI is InChI=1S/C23H21N3O2S/c1-3-4-22-25-19(14-29-22)18-9-10-21-20(11-18)26(23(27)15(2)28-21)13-17-7-5-16(12-24)6-8-17/h5-11,14-15H,3-4,13H2,1-2H3. The zero-order valence-corrected chi connectivity index (χ0v) is 17.2. The lowest BCUT2D eigenvalue weighted by Gasteiger charge is -2.33. The Bertz CT molecular complexity index is 1080. The van der Waals surface area contributed by atoms with Gasteiger partial charge in [0.2, 0.25) is 0 Å². The molecule has 1 unspecified atom stereocenters. The molecule has 146 valence electrons. The first-order valence-electron chi connectivity index (χ1n) is 9.65. The highest BCUT2D eigenvalue weighted by Crippen LogP contribution is 2.38. The van der Waals surface area contributed by atoms with E-state index in [1.165, 1.54) is 0 Å². The van der Waals surface area contributed by atoms with Gasteiger partial charge >= 0.3 is 0 Å². The Labute approximate surface area is 174 Å². The van der Waals surface area contributed by atoms with Crippen LogP contribution in [0.25, 0.3) is 11.3 Å². The number of nitrogens with zero attached hydrogens (tertiary/aromatic N) is 3. The van der Waals surface area contributed by atoms with Gasteiger partial charge in [-0.25, -0.2) is 4.98 Å². The summed E-state index contributed by atoms with van der Waals surface area (Å²) in [6.45, 7) is 4.33. The third kappa shape index (κ3) is 3.87. The number of carbonyl (C=O) groups is 1. The van der Waals surface area contributed by atoms with Crippen LogP contribution in [0.2, 0.25) is 0 Å². The van der Waals surface area contributed by atoms with Crippen LogP contribution >= 0.6 is 11.3 Å². The minimum atomic E-state index is -0.540. The van der Waals surface area contributed by atoms with Gasteiger partial charge in [-0.3, -0.25) is 4.79 Å². The average Bonchev–Trinajstić information content (AvgIpc) is 3.20. The maximum atomic E-state index is 12.9.